The van der Waals surface area contributed by atoms with Crippen molar-refractivity contribution in [3.63, 3.8) is 0 Å². The molecule has 4 N–H and O–H groups in total. The third-order valence-electron chi connectivity index (χ3n) is 4.97. The predicted molar refractivity (Wildman–Crippen MR) is 132 cm³/mol. The van der Waals surface area contributed by atoms with Gasteiger partial charge in [0.2, 0.25) is 0 Å². The number of nitrogens with zero attached hydrogens (tertiary/aromatic N) is 2. The van der Waals surface area contributed by atoms with Crippen LogP contribution in [0.3, 0.4) is 0 Å². The number of halogens is 1. The van der Waals surface area contributed by atoms with Crippen LogP contribution in [-0.4, -0.2) is 23.0 Å². The van der Waals surface area contributed by atoms with Crippen LogP contribution in [0.1, 0.15) is 15.9 Å². The van der Waals surface area contributed by atoms with Crippen molar-refractivity contribution in [1.82, 2.24) is 15.3 Å². The van der Waals surface area contributed by atoms with E-state index in [1.807, 2.05) is 12.1 Å². The number of carbonyl (C=O) groups excluding carboxylic acids is 1. The third-order valence-corrected chi connectivity index (χ3v) is 5.28. The lowest BCUT2D eigenvalue weighted by Crippen LogP contribution is -2.18. The molecule has 4 aromatic rings. The lowest BCUT2D eigenvalue weighted by molar-refractivity contribution is 0.0997. The van der Waals surface area contributed by atoms with Crippen molar-refractivity contribution in [3.05, 3.63) is 95.7 Å². The fraction of sp³-hybridized carbons (Fsp3) is 0.0800. The molecule has 172 valence electrons. The quantitative estimate of drug-likeness (QED) is 0.317. The number of anilines is 1. The molecule has 2 heterocycles. The van der Waals surface area contributed by atoms with Gasteiger partial charge in [0.25, 0.3) is 5.91 Å². The normalized spacial score (nSPS) is 10.5. The Morgan fingerprint density at radius 1 is 1.15 bits per heavy atom. The van der Waals surface area contributed by atoms with E-state index in [1.165, 1.54) is 7.11 Å². The number of fused-ring (bicyclic) bond motifs is 1. The Kier molecular flexibility index (Phi) is 6.79. The van der Waals surface area contributed by atoms with E-state index in [9.17, 15) is 4.79 Å². The van der Waals surface area contributed by atoms with Crippen LogP contribution in [0.2, 0.25) is 5.02 Å². The number of methoxy groups -OCH3 is 1. The molecule has 1 amide bonds. The Morgan fingerprint density at radius 3 is 2.71 bits per heavy atom. The maximum absolute atomic E-state index is 11.8. The van der Waals surface area contributed by atoms with Gasteiger partial charge >= 0.3 is 0 Å². The fourth-order valence-corrected chi connectivity index (χ4v) is 3.52. The molecule has 9 heteroatoms. The number of amides is 1. The van der Waals surface area contributed by atoms with Gasteiger partial charge in [0.1, 0.15) is 17.2 Å². The summed E-state index contributed by atoms with van der Waals surface area (Å²) in [6.07, 6.45) is 5.11. The van der Waals surface area contributed by atoms with Crippen LogP contribution >= 0.6 is 11.6 Å². The number of nitrogens with two attached hydrogens (primary N) is 1. The van der Waals surface area contributed by atoms with Crippen molar-refractivity contribution < 1.29 is 14.3 Å². The number of hydrogen-bond donors (Lipinski definition) is 3. The zero-order chi connectivity index (χ0) is 24.1. The van der Waals surface area contributed by atoms with Crippen molar-refractivity contribution >= 4 is 34.1 Å². The molecule has 8 nitrogen and oxygen atoms in total. The summed E-state index contributed by atoms with van der Waals surface area (Å²) in [4.78, 5) is 20.2. The average molecular weight is 476 g/mol. The highest BCUT2D eigenvalue weighted by atomic mass is 35.5. The molecule has 0 saturated heterocycles. The SMILES string of the molecule is C=C(NCc1cccnc1)Nc1ccc(Oc2ccnc3cc(OC)c(C(N)=O)cc23)cc1Cl. The summed E-state index contributed by atoms with van der Waals surface area (Å²) in [6, 6.07) is 14.0. The van der Waals surface area contributed by atoms with Crippen molar-refractivity contribution in [2.75, 3.05) is 12.4 Å². The highest BCUT2D eigenvalue weighted by Crippen LogP contribution is 2.35. The van der Waals surface area contributed by atoms with Gasteiger partial charge in [-0.25, -0.2) is 0 Å². The summed E-state index contributed by atoms with van der Waals surface area (Å²) in [6.45, 7) is 4.55. The van der Waals surface area contributed by atoms with E-state index in [4.69, 9.17) is 26.8 Å². The summed E-state index contributed by atoms with van der Waals surface area (Å²) in [5.41, 5.74) is 8.02. The van der Waals surface area contributed by atoms with E-state index in [0.717, 1.165) is 5.56 Å². The standard InChI is InChI=1S/C25H22ClN5O3/c1-15(30-14-16-4-3-8-28-13-16)31-21-6-5-17(10-20(21)26)34-23-7-9-29-22-12-24(33-2)19(25(27)32)11-18(22)23/h3-13,30-31H,1,14H2,2H3,(H2,27,32). The van der Waals surface area contributed by atoms with Crippen molar-refractivity contribution in [2.24, 2.45) is 5.73 Å². The minimum atomic E-state index is -0.607. The molecule has 2 aromatic carbocycles. The largest absolute Gasteiger partial charge is 0.496 e. The molecule has 4 rings (SSSR count). The van der Waals surface area contributed by atoms with E-state index >= 15 is 0 Å². The van der Waals surface area contributed by atoms with Crippen LogP contribution in [-0.2, 0) is 6.54 Å². The van der Waals surface area contributed by atoms with Crippen LogP contribution in [0.5, 0.6) is 17.2 Å². The van der Waals surface area contributed by atoms with Gasteiger partial charge in [0, 0.05) is 42.7 Å². The van der Waals surface area contributed by atoms with E-state index in [2.05, 4.69) is 27.2 Å². The van der Waals surface area contributed by atoms with Gasteiger partial charge in [-0.1, -0.05) is 24.2 Å². The highest BCUT2D eigenvalue weighted by molar-refractivity contribution is 6.33. The van der Waals surface area contributed by atoms with Crippen LogP contribution in [0.4, 0.5) is 5.69 Å². The summed E-state index contributed by atoms with van der Waals surface area (Å²) in [5.74, 6) is 1.33. The number of benzene rings is 2. The van der Waals surface area contributed by atoms with E-state index in [1.54, 1.807) is 55.0 Å². The second kappa shape index (κ2) is 10.1. The molecule has 0 radical (unpaired) electrons. The van der Waals surface area contributed by atoms with Crippen LogP contribution in [0.15, 0.2) is 79.5 Å². The van der Waals surface area contributed by atoms with Crippen LogP contribution in [0, 0.1) is 0 Å². The van der Waals surface area contributed by atoms with Gasteiger partial charge in [-0.05, 0) is 35.9 Å². The van der Waals surface area contributed by atoms with Gasteiger partial charge in [-0.3, -0.25) is 14.8 Å². The molecule has 0 aliphatic rings. The number of primary amides is 1. The van der Waals surface area contributed by atoms with Crippen molar-refractivity contribution in [1.29, 1.82) is 0 Å². The molecular formula is C25H22ClN5O3. The van der Waals surface area contributed by atoms with Crippen LogP contribution in [0.25, 0.3) is 10.9 Å². The lowest BCUT2D eigenvalue weighted by Gasteiger charge is -2.15. The zero-order valence-electron chi connectivity index (χ0n) is 18.3. The first-order valence-electron chi connectivity index (χ1n) is 10.3. The Balaban J connectivity index is 1.50. The number of hydrogen-bond acceptors (Lipinski definition) is 7. The first-order chi connectivity index (χ1) is 16.4. The molecular weight excluding hydrogens is 454 g/mol. The number of aromatic nitrogens is 2. The minimum absolute atomic E-state index is 0.239. The lowest BCUT2D eigenvalue weighted by atomic mass is 10.1. The van der Waals surface area contributed by atoms with Gasteiger partial charge in [-0.2, -0.15) is 0 Å². The number of ether oxygens (including phenoxy) is 2. The smallest absolute Gasteiger partial charge is 0.252 e. The van der Waals surface area contributed by atoms with E-state index < -0.39 is 5.91 Å². The Labute approximate surface area is 201 Å². The predicted octanol–water partition coefficient (Wildman–Crippen LogP) is 4.86. The molecule has 0 unspecified atom stereocenters. The minimum Gasteiger partial charge on any atom is -0.496 e. The molecule has 34 heavy (non-hydrogen) atoms. The molecule has 0 fully saturated rings. The Hall–Kier alpha value is -4.30. The van der Waals surface area contributed by atoms with Gasteiger partial charge in [0.15, 0.2) is 0 Å². The first kappa shape index (κ1) is 22.9. The molecule has 0 aliphatic carbocycles. The summed E-state index contributed by atoms with van der Waals surface area (Å²) in [5, 5.41) is 7.39. The van der Waals surface area contributed by atoms with Gasteiger partial charge in [-0.15, -0.1) is 0 Å². The van der Waals surface area contributed by atoms with Crippen molar-refractivity contribution in [2.45, 2.75) is 6.54 Å². The van der Waals surface area contributed by atoms with Crippen LogP contribution < -0.4 is 25.8 Å². The Morgan fingerprint density at radius 2 is 2.00 bits per heavy atom. The molecule has 0 aliphatic heterocycles. The van der Waals surface area contributed by atoms with Crippen molar-refractivity contribution in [3.8, 4) is 17.2 Å². The average Bonchev–Trinajstić information content (AvgIpc) is 2.84. The maximum Gasteiger partial charge on any atom is 0.252 e. The second-order valence-electron chi connectivity index (χ2n) is 7.31. The number of nitrogens with one attached hydrogen (secondary N) is 2. The third kappa shape index (κ3) is 5.19. The van der Waals surface area contributed by atoms with Gasteiger partial charge < -0.3 is 25.8 Å². The fourth-order valence-electron chi connectivity index (χ4n) is 3.30. The summed E-state index contributed by atoms with van der Waals surface area (Å²) < 4.78 is 11.3. The number of pyridine rings is 2. The highest BCUT2D eigenvalue weighted by Gasteiger charge is 2.15. The molecule has 0 bridgehead atoms. The molecule has 2 aromatic heterocycles. The molecule has 0 saturated carbocycles. The summed E-state index contributed by atoms with van der Waals surface area (Å²) in [7, 11) is 1.47. The number of carbonyl (C=O) groups is 1. The monoisotopic (exact) mass is 475 g/mol. The molecule has 0 spiro atoms. The maximum atomic E-state index is 11.8. The zero-order valence-corrected chi connectivity index (χ0v) is 19.1. The van der Waals surface area contributed by atoms with E-state index in [-0.39, 0.29) is 5.56 Å². The second-order valence-corrected chi connectivity index (χ2v) is 7.71. The van der Waals surface area contributed by atoms with Gasteiger partial charge in [0.05, 0.1) is 34.7 Å². The van der Waals surface area contributed by atoms with E-state index in [0.29, 0.717) is 51.2 Å². The molecule has 0 atom stereocenters. The summed E-state index contributed by atoms with van der Waals surface area (Å²) >= 11 is 6.47. The number of rotatable bonds is 9. The Bertz CT molecular complexity index is 1360. The first-order valence-corrected chi connectivity index (χ1v) is 10.6. The topological polar surface area (TPSA) is 111 Å².